The molecular weight excluding hydrogens is 398 g/mol. The summed E-state index contributed by atoms with van der Waals surface area (Å²) in [5.74, 6) is 1.00. The van der Waals surface area contributed by atoms with Crippen molar-refractivity contribution >= 4 is 15.6 Å². The van der Waals surface area contributed by atoms with Crippen molar-refractivity contribution in [2.45, 2.75) is 38.1 Å². The molecule has 30 heavy (non-hydrogen) atoms. The molecule has 2 aromatic carbocycles. The minimum Gasteiger partial charge on any atom is -0.497 e. The molecule has 1 heterocycles. The average Bonchev–Trinajstić information content (AvgIpc) is 2.87. The number of hydrogen-bond donors (Lipinski definition) is 0. The van der Waals surface area contributed by atoms with Gasteiger partial charge in [-0.3, -0.25) is 9.69 Å². The number of aryl methyl sites for hydroxylation is 2. The first-order chi connectivity index (χ1) is 14.3. The number of benzene rings is 2. The zero-order valence-electron chi connectivity index (χ0n) is 17.7. The quantitative estimate of drug-likeness (QED) is 0.750. The van der Waals surface area contributed by atoms with Gasteiger partial charge < -0.3 is 4.74 Å². The molecule has 1 aliphatic carbocycles. The lowest BCUT2D eigenvalue weighted by molar-refractivity contribution is 0.0495. The highest BCUT2D eigenvalue weighted by Gasteiger charge is 2.48. The molecule has 1 aliphatic heterocycles. The lowest BCUT2D eigenvalue weighted by Gasteiger charge is -2.44. The van der Waals surface area contributed by atoms with Crippen LogP contribution in [-0.2, 0) is 22.7 Å². The first-order valence-electron chi connectivity index (χ1n) is 10.6. The summed E-state index contributed by atoms with van der Waals surface area (Å²) in [7, 11) is -1.52. The van der Waals surface area contributed by atoms with Gasteiger partial charge in [0.25, 0.3) is 0 Å². The molecule has 0 radical (unpaired) electrons. The fraction of sp³-hybridized carbons (Fsp3) is 0.458. The third kappa shape index (κ3) is 3.91. The molecule has 0 saturated carbocycles. The van der Waals surface area contributed by atoms with E-state index in [1.54, 1.807) is 7.11 Å². The third-order valence-electron chi connectivity index (χ3n) is 6.80. The molecule has 4 rings (SSSR count). The van der Waals surface area contributed by atoms with Gasteiger partial charge in [0, 0.05) is 18.7 Å². The van der Waals surface area contributed by atoms with Crippen molar-refractivity contribution < 1.29 is 17.9 Å². The summed E-state index contributed by atoms with van der Waals surface area (Å²) >= 11 is 0. The number of hydrogen-bond acceptors (Lipinski definition) is 5. The van der Waals surface area contributed by atoms with E-state index in [9.17, 15) is 13.2 Å². The normalized spacial score (nSPS) is 23.7. The fourth-order valence-electron chi connectivity index (χ4n) is 4.89. The topological polar surface area (TPSA) is 63.7 Å². The smallest absolute Gasteiger partial charge is 0.183 e. The molecule has 0 amide bonds. The minimum atomic E-state index is -3.14. The maximum atomic E-state index is 13.8. The van der Waals surface area contributed by atoms with Crippen LogP contribution in [0.25, 0.3) is 0 Å². The van der Waals surface area contributed by atoms with Gasteiger partial charge in [-0.1, -0.05) is 24.3 Å². The van der Waals surface area contributed by atoms with Crippen LogP contribution in [0, 0.1) is 6.92 Å². The molecule has 1 saturated heterocycles. The first-order valence-corrected chi connectivity index (χ1v) is 12.4. The molecule has 2 aromatic rings. The number of carbonyl (C=O) groups is 1. The molecule has 2 aliphatic rings. The van der Waals surface area contributed by atoms with Crippen molar-refractivity contribution in [1.82, 2.24) is 4.90 Å². The lowest BCUT2D eigenvalue weighted by atomic mass is 9.73. The van der Waals surface area contributed by atoms with Gasteiger partial charge in [0.2, 0.25) is 0 Å². The predicted molar refractivity (Wildman–Crippen MR) is 118 cm³/mol. The number of carbonyl (C=O) groups excluding carboxylic acids is 1. The van der Waals surface area contributed by atoms with Crippen LogP contribution < -0.4 is 4.74 Å². The van der Waals surface area contributed by atoms with E-state index >= 15 is 0 Å². The highest BCUT2D eigenvalue weighted by molar-refractivity contribution is 7.91. The van der Waals surface area contributed by atoms with Crippen LogP contribution in [0.5, 0.6) is 5.75 Å². The van der Waals surface area contributed by atoms with Gasteiger partial charge in [0.05, 0.1) is 24.2 Å². The summed E-state index contributed by atoms with van der Waals surface area (Å²) in [5.41, 5.74) is 3.43. The summed E-state index contributed by atoms with van der Waals surface area (Å²) < 4.78 is 30.2. The second-order valence-corrected chi connectivity index (χ2v) is 10.8. The van der Waals surface area contributed by atoms with Crippen molar-refractivity contribution in [2.24, 2.45) is 0 Å². The molecule has 160 valence electrons. The summed E-state index contributed by atoms with van der Waals surface area (Å²) in [5, 5.41) is 0. The van der Waals surface area contributed by atoms with Crippen LogP contribution in [0.4, 0.5) is 0 Å². The van der Waals surface area contributed by atoms with Crippen LogP contribution in [0.15, 0.2) is 42.5 Å². The lowest BCUT2D eigenvalue weighted by Crippen LogP contribution is -2.57. The number of sulfone groups is 1. The number of ether oxygens (including phenoxy) is 1. The summed E-state index contributed by atoms with van der Waals surface area (Å²) in [6.45, 7) is 3.18. The Hall–Kier alpha value is -2.18. The maximum absolute atomic E-state index is 13.8. The van der Waals surface area contributed by atoms with Crippen molar-refractivity contribution in [3.63, 3.8) is 0 Å². The van der Waals surface area contributed by atoms with Gasteiger partial charge in [-0.25, -0.2) is 8.42 Å². The fourth-order valence-corrected chi connectivity index (χ4v) is 6.24. The van der Waals surface area contributed by atoms with Crippen molar-refractivity contribution in [2.75, 3.05) is 31.7 Å². The molecule has 6 heteroatoms. The average molecular weight is 428 g/mol. The molecule has 0 aromatic heterocycles. The number of rotatable bonds is 4. The van der Waals surface area contributed by atoms with E-state index in [2.05, 4.69) is 24.0 Å². The second kappa shape index (κ2) is 8.16. The van der Waals surface area contributed by atoms with Crippen molar-refractivity contribution in [3.8, 4) is 5.75 Å². The number of methoxy groups -OCH3 is 1. The van der Waals surface area contributed by atoms with E-state index in [-0.39, 0.29) is 17.3 Å². The Labute approximate surface area is 179 Å². The molecule has 0 bridgehead atoms. The van der Waals surface area contributed by atoms with Crippen LogP contribution in [0.3, 0.4) is 0 Å². The molecule has 5 nitrogen and oxygen atoms in total. The monoisotopic (exact) mass is 427 g/mol. The van der Waals surface area contributed by atoms with Crippen LogP contribution in [0.1, 0.15) is 39.9 Å². The summed E-state index contributed by atoms with van der Waals surface area (Å²) in [4.78, 5) is 15.9. The van der Waals surface area contributed by atoms with Gasteiger partial charge in [-0.15, -0.1) is 0 Å². The van der Waals surface area contributed by atoms with E-state index in [0.29, 0.717) is 31.5 Å². The number of fused-ring (bicyclic) bond motifs is 1. The highest BCUT2D eigenvalue weighted by atomic mass is 32.2. The Morgan fingerprint density at radius 1 is 1.10 bits per heavy atom. The van der Waals surface area contributed by atoms with Gasteiger partial charge in [0.1, 0.15) is 5.75 Å². The number of ketones is 1. The van der Waals surface area contributed by atoms with Crippen molar-refractivity contribution in [3.05, 3.63) is 64.7 Å². The Balaban J connectivity index is 1.68. The van der Waals surface area contributed by atoms with E-state index in [1.165, 1.54) is 11.1 Å². The Morgan fingerprint density at radius 3 is 2.67 bits per heavy atom. The first kappa shape index (κ1) is 21.1. The van der Waals surface area contributed by atoms with E-state index in [0.717, 1.165) is 24.2 Å². The third-order valence-corrected chi connectivity index (χ3v) is 8.43. The number of nitrogens with zero attached hydrogens (tertiary/aromatic N) is 1. The van der Waals surface area contributed by atoms with Gasteiger partial charge >= 0.3 is 0 Å². The van der Waals surface area contributed by atoms with E-state index in [1.807, 2.05) is 30.3 Å². The molecule has 1 atom stereocenters. The Bertz CT molecular complexity index is 1060. The number of Topliss-reactive ketones (excluding diaryl/α,β-unsaturated/α-hetero) is 1. The Morgan fingerprint density at radius 2 is 1.90 bits per heavy atom. The van der Waals surface area contributed by atoms with Crippen LogP contribution >= 0.6 is 0 Å². The highest BCUT2D eigenvalue weighted by Crippen LogP contribution is 2.39. The van der Waals surface area contributed by atoms with Gasteiger partial charge in [-0.2, -0.15) is 0 Å². The second-order valence-electron chi connectivity index (χ2n) is 8.45. The summed E-state index contributed by atoms with van der Waals surface area (Å²) in [6.07, 6.45) is 2.57. The summed E-state index contributed by atoms with van der Waals surface area (Å²) in [6, 6.07) is 13.9. The molecule has 1 fully saturated rings. The van der Waals surface area contributed by atoms with E-state index in [4.69, 9.17) is 4.74 Å². The zero-order valence-corrected chi connectivity index (χ0v) is 18.5. The Kier molecular flexibility index (Phi) is 5.73. The van der Waals surface area contributed by atoms with Crippen LogP contribution in [0.2, 0.25) is 0 Å². The van der Waals surface area contributed by atoms with Crippen LogP contribution in [-0.4, -0.2) is 56.3 Å². The zero-order chi connectivity index (χ0) is 21.4. The van der Waals surface area contributed by atoms with Crippen molar-refractivity contribution in [1.29, 1.82) is 0 Å². The SMILES string of the molecule is COc1ccc2c(c1)CCC1(CCS(=O)(=O)CCN1CCc1ccccc1C)C2=O. The predicted octanol–water partition coefficient (Wildman–Crippen LogP) is 3.23. The van der Waals surface area contributed by atoms with E-state index < -0.39 is 15.4 Å². The standard InChI is InChI=1S/C24H29NO4S/c1-18-5-3-4-6-19(18)10-13-25-14-16-30(27,28)15-12-24(25)11-9-20-17-21(29-2)7-8-22(20)23(24)26/h3-8,17H,9-16H2,1-2H3. The van der Waals surface area contributed by atoms with Gasteiger partial charge in [-0.05, 0) is 67.5 Å². The molecule has 1 unspecified atom stereocenters. The molecule has 0 N–H and O–H groups in total. The van der Waals surface area contributed by atoms with Gasteiger partial charge in [0.15, 0.2) is 15.6 Å². The maximum Gasteiger partial charge on any atom is 0.183 e. The molecular formula is C24H29NO4S. The minimum absolute atomic E-state index is 0.0632. The largest absolute Gasteiger partial charge is 0.497 e. The molecule has 1 spiro atoms.